The highest BCUT2D eigenvalue weighted by Gasteiger charge is 2.47. The van der Waals surface area contributed by atoms with Gasteiger partial charge >= 0.3 is 0 Å². The van der Waals surface area contributed by atoms with Crippen molar-refractivity contribution in [2.24, 2.45) is 0 Å². The monoisotopic (exact) mass is 635 g/mol. The molecule has 1 aromatic heterocycles. The Balaban J connectivity index is 1.25. The van der Waals surface area contributed by atoms with Crippen molar-refractivity contribution in [2.45, 2.75) is 18.3 Å². The highest BCUT2D eigenvalue weighted by molar-refractivity contribution is 6.29. The summed E-state index contributed by atoms with van der Waals surface area (Å²) in [6, 6.07) is 51.4. The molecule has 0 bridgehead atoms. The summed E-state index contributed by atoms with van der Waals surface area (Å²) in [5, 5.41) is 3.42. The van der Waals surface area contributed by atoms with E-state index in [1.807, 2.05) is 60.7 Å². The lowest BCUT2D eigenvalue weighted by atomic mass is 9.65. The molecule has 48 heavy (non-hydrogen) atoms. The molecular formula is C44H30ClN3. The van der Waals surface area contributed by atoms with Crippen molar-refractivity contribution in [3.05, 3.63) is 185 Å². The summed E-state index contributed by atoms with van der Waals surface area (Å²) in [6.45, 7) is 0. The van der Waals surface area contributed by atoms with Gasteiger partial charge in [-0.1, -0.05) is 169 Å². The summed E-state index contributed by atoms with van der Waals surface area (Å²) in [7, 11) is 0. The van der Waals surface area contributed by atoms with Crippen LogP contribution in [0.1, 0.15) is 29.5 Å². The first-order valence-electron chi connectivity index (χ1n) is 16.4. The number of hydrogen-bond acceptors (Lipinski definition) is 3. The normalized spacial score (nSPS) is 16.6. The van der Waals surface area contributed by atoms with E-state index < -0.39 is 5.41 Å². The fraction of sp³-hybridized carbons (Fsp3) is 0.0682. The maximum Gasteiger partial charge on any atom is 0.164 e. The molecule has 6 aromatic carbocycles. The molecule has 2 aliphatic rings. The van der Waals surface area contributed by atoms with Crippen molar-refractivity contribution >= 4 is 22.4 Å². The number of allylic oxidation sites excluding steroid dienone is 4. The molecule has 2 aliphatic carbocycles. The van der Waals surface area contributed by atoms with Crippen LogP contribution in [0, 0.1) is 0 Å². The van der Waals surface area contributed by atoms with Crippen molar-refractivity contribution in [1.82, 2.24) is 15.0 Å². The first-order valence-corrected chi connectivity index (χ1v) is 16.7. The Labute approximate surface area is 285 Å². The Morgan fingerprint density at radius 2 is 1.06 bits per heavy atom. The van der Waals surface area contributed by atoms with Crippen LogP contribution in [-0.2, 0) is 5.41 Å². The molecule has 0 aliphatic heterocycles. The number of nitrogens with zero attached hydrogens (tertiary/aromatic N) is 3. The van der Waals surface area contributed by atoms with Gasteiger partial charge in [-0.05, 0) is 57.5 Å². The van der Waals surface area contributed by atoms with Crippen molar-refractivity contribution < 1.29 is 0 Å². The van der Waals surface area contributed by atoms with Crippen molar-refractivity contribution in [1.29, 1.82) is 0 Å². The van der Waals surface area contributed by atoms with E-state index in [-0.39, 0.29) is 0 Å². The molecule has 4 heteroatoms. The van der Waals surface area contributed by atoms with Gasteiger partial charge in [-0.3, -0.25) is 0 Å². The summed E-state index contributed by atoms with van der Waals surface area (Å²) in [4.78, 5) is 14.9. The number of aromatic nitrogens is 3. The zero-order valence-electron chi connectivity index (χ0n) is 26.1. The summed E-state index contributed by atoms with van der Waals surface area (Å²) in [5.41, 5.74) is 10.2. The molecule has 0 radical (unpaired) electrons. The van der Waals surface area contributed by atoms with Crippen molar-refractivity contribution in [3.63, 3.8) is 0 Å². The molecule has 0 saturated heterocycles. The van der Waals surface area contributed by atoms with Gasteiger partial charge in [0, 0.05) is 21.7 Å². The van der Waals surface area contributed by atoms with Crippen LogP contribution < -0.4 is 0 Å². The van der Waals surface area contributed by atoms with Gasteiger partial charge in [0.2, 0.25) is 0 Å². The van der Waals surface area contributed by atoms with E-state index >= 15 is 0 Å². The molecule has 0 spiro atoms. The second-order valence-electron chi connectivity index (χ2n) is 12.4. The van der Waals surface area contributed by atoms with Gasteiger partial charge in [0.25, 0.3) is 0 Å². The maximum atomic E-state index is 6.56. The predicted molar refractivity (Wildman–Crippen MR) is 197 cm³/mol. The maximum absolute atomic E-state index is 6.56. The first-order chi connectivity index (χ1) is 23.7. The molecule has 0 amide bonds. The quantitative estimate of drug-likeness (QED) is 0.189. The number of fused-ring (bicyclic) bond motifs is 5. The number of hydrogen-bond donors (Lipinski definition) is 0. The van der Waals surface area contributed by atoms with E-state index in [9.17, 15) is 0 Å². The van der Waals surface area contributed by atoms with E-state index in [1.54, 1.807) is 0 Å². The van der Waals surface area contributed by atoms with Gasteiger partial charge in [-0.25, -0.2) is 15.0 Å². The van der Waals surface area contributed by atoms with Crippen molar-refractivity contribution in [3.8, 4) is 45.3 Å². The highest BCUT2D eigenvalue weighted by Crippen LogP contribution is 2.59. The summed E-state index contributed by atoms with van der Waals surface area (Å²) >= 11 is 6.56. The standard InChI is InChI=1S/C44H30ClN3/c45-35-26-24-34(25-27-35)44(38-18-10-9-17-37(38)40-36-16-8-7-11-29(36)21-28-39(40)44)33-22-19-32(20-23-33)43-47-41(30-12-3-1-4-13-30)46-42(48-43)31-14-5-2-6-15-31/h1-24,26,28H,25,27H2. The number of benzene rings is 6. The molecule has 9 rings (SSSR count). The smallest absolute Gasteiger partial charge is 0.164 e. The lowest BCUT2D eigenvalue weighted by Gasteiger charge is -2.37. The largest absolute Gasteiger partial charge is 0.208 e. The molecule has 1 heterocycles. The van der Waals surface area contributed by atoms with Gasteiger partial charge in [0.1, 0.15) is 0 Å². The van der Waals surface area contributed by atoms with E-state index in [2.05, 4.69) is 97.1 Å². The van der Waals surface area contributed by atoms with Crippen LogP contribution in [0.5, 0.6) is 0 Å². The summed E-state index contributed by atoms with van der Waals surface area (Å²) in [6.07, 6.45) is 6.05. The Bertz CT molecular complexity index is 2340. The van der Waals surface area contributed by atoms with E-state index in [1.165, 1.54) is 44.2 Å². The molecule has 3 nitrogen and oxygen atoms in total. The second-order valence-corrected chi connectivity index (χ2v) is 12.9. The molecule has 7 aromatic rings. The third kappa shape index (κ3) is 4.54. The Hall–Kier alpha value is -5.64. The molecule has 0 fully saturated rings. The predicted octanol–water partition coefficient (Wildman–Crippen LogP) is 11.2. The minimum absolute atomic E-state index is 0.466. The fourth-order valence-electron chi connectivity index (χ4n) is 7.62. The minimum Gasteiger partial charge on any atom is -0.208 e. The third-order valence-corrected chi connectivity index (χ3v) is 10.1. The van der Waals surface area contributed by atoms with Gasteiger partial charge in [0.05, 0.1) is 5.41 Å². The van der Waals surface area contributed by atoms with Crippen LogP contribution in [0.25, 0.3) is 56.1 Å². The van der Waals surface area contributed by atoms with E-state index in [4.69, 9.17) is 26.6 Å². The third-order valence-electron chi connectivity index (χ3n) is 9.79. The number of halogens is 1. The molecule has 1 atom stereocenters. The van der Waals surface area contributed by atoms with Crippen LogP contribution in [0.2, 0.25) is 0 Å². The van der Waals surface area contributed by atoms with Crippen LogP contribution in [0.3, 0.4) is 0 Å². The lowest BCUT2D eigenvalue weighted by Crippen LogP contribution is -2.30. The van der Waals surface area contributed by atoms with Gasteiger partial charge in [-0.15, -0.1) is 0 Å². The molecule has 228 valence electrons. The Morgan fingerprint density at radius 1 is 0.479 bits per heavy atom. The zero-order chi connectivity index (χ0) is 32.1. The SMILES string of the molecule is ClC1=CC=C(C2(c3ccc(-c4nc(-c5ccccc5)nc(-c5ccccc5)n4)cc3)c3ccccc3-c3c2ccc2ccccc32)CC1. The first kappa shape index (κ1) is 28.6. The van der Waals surface area contributed by atoms with Crippen LogP contribution in [0.4, 0.5) is 0 Å². The van der Waals surface area contributed by atoms with Gasteiger partial charge in [-0.2, -0.15) is 0 Å². The molecular weight excluding hydrogens is 606 g/mol. The summed E-state index contributed by atoms with van der Waals surface area (Å²) < 4.78 is 0. The Morgan fingerprint density at radius 3 is 1.71 bits per heavy atom. The Kier molecular flexibility index (Phi) is 6.88. The van der Waals surface area contributed by atoms with E-state index in [0.717, 1.165) is 34.6 Å². The molecule has 0 saturated carbocycles. The van der Waals surface area contributed by atoms with Gasteiger partial charge < -0.3 is 0 Å². The zero-order valence-corrected chi connectivity index (χ0v) is 26.9. The second kappa shape index (κ2) is 11.6. The van der Waals surface area contributed by atoms with Crippen LogP contribution >= 0.6 is 11.6 Å². The topological polar surface area (TPSA) is 38.7 Å². The summed E-state index contributed by atoms with van der Waals surface area (Å²) in [5.74, 6) is 1.95. The molecule has 0 N–H and O–H groups in total. The fourth-order valence-corrected chi connectivity index (χ4v) is 7.78. The van der Waals surface area contributed by atoms with Crippen LogP contribution in [-0.4, -0.2) is 15.0 Å². The average molecular weight is 636 g/mol. The van der Waals surface area contributed by atoms with Crippen LogP contribution in [0.15, 0.2) is 168 Å². The lowest BCUT2D eigenvalue weighted by molar-refractivity contribution is 0.691. The highest BCUT2D eigenvalue weighted by atomic mass is 35.5. The van der Waals surface area contributed by atoms with E-state index in [0.29, 0.717) is 17.5 Å². The number of rotatable bonds is 5. The minimum atomic E-state index is -0.466. The van der Waals surface area contributed by atoms with Gasteiger partial charge in [0.15, 0.2) is 17.5 Å². The average Bonchev–Trinajstić information content (AvgIpc) is 3.47. The van der Waals surface area contributed by atoms with Crippen molar-refractivity contribution in [2.75, 3.05) is 0 Å². The molecule has 1 unspecified atom stereocenters.